The Morgan fingerprint density at radius 1 is 1.25 bits per heavy atom. The molecule has 1 aliphatic heterocycles. The number of benzene rings is 1. The zero-order valence-corrected chi connectivity index (χ0v) is 14.0. The van der Waals surface area contributed by atoms with Crippen LogP contribution in [0.15, 0.2) is 27.6 Å². The van der Waals surface area contributed by atoms with Gasteiger partial charge in [0, 0.05) is 37.2 Å². The number of sulfonamides is 1. The standard InChI is InChI=1S/C13H20BrN3O2S/c1-2-16-5-7-17(8-6-16)20(18,19)13-4-3-11(10-15)9-12(13)14/h3-4,9H,2,5-8,10,15H2,1H3. The van der Waals surface area contributed by atoms with Gasteiger partial charge in [0.15, 0.2) is 0 Å². The average Bonchev–Trinajstić information content (AvgIpc) is 2.46. The van der Waals surface area contributed by atoms with Crippen LogP contribution in [-0.2, 0) is 16.6 Å². The molecule has 2 N–H and O–H groups in total. The number of hydrogen-bond donors (Lipinski definition) is 1. The fraction of sp³-hybridized carbons (Fsp3) is 0.538. The SMILES string of the molecule is CCN1CCN(S(=O)(=O)c2ccc(CN)cc2Br)CC1. The maximum absolute atomic E-state index is 12.6. The molecule has 0 bridgehead atoms. The van der Waals surface area contributed by atoms with Crippen LogP contribution in [0, 0.1) is 0 Å². The monoisotopic (exact) mass is 361 g/mol. The third kappa shape index (κ3) is 3.23. The summed E-state index contributed by atoms with van der Waals surface area (Å²) in [7, 11) is -3.43. The van der Waals surface area contributed by atoms with E-state index in [4.69, 9.17) is 5.73 Å². The van der Waals surface area contributed by atoms with E-state index in [1.165, 1.54) is 0 Å². The molecule has 1 aromatic carbocycles. The van der Waals surface area contributed by atoms with Gasteiger partial charge >= 0.3 is 0 Å². The lowest BCUT2D eigenvalue weighted by Gasteiger charge is -2.33. The first-order chi connectivity index (χ1) is 9.48. The van der Waals surface area contributed by atoms with Gasteiger partial charge in [0.25, 0.3) is 0 Å². The fourth-order valence-corrected chi connectivity index (χ4v) is 4.81. The van der Waals surface area contributed by atoms with Crippen LogP contribution in [0.1, 0.15) is 12.5 Å². The molecule has 20 heavy (non-hydrogen) atoms. The van der Waals surface area contributed by atoms with Crippen molar-refractivity contribution in [2.24, 2.45) is 5.73 Å². The molecule has 1 heterocycles. The quantitative estimate of drug-likeness (QED) is 0.875. The van der Waals surface area contributed by atoms with Gasteiger partial charge in [0.05, 0.1) is 4.90 Å². The highest BCUT2D eigenvalue weighted by atomic mass is 79.9. The number of nitrogens with zero attached hydrogens (tertiary/aromatic N) is 2. The van der Waals surface area contributed by atoms with Gasteiger partial charge in [-0.3, -0.25) is 0 Å². The summed E-state index contributed by atoms with van der Waals surface area (Å²) in [6.45, 7) is 6.11. The highest BCUT2D eigenvalue weighted by molar-refractivity contribution is 9.10. The van der Waals surface area contributed by atoms with E-state index in [2.05, 4.69) is 27.8 Å². The van der Waals surface area contributed by atoms with Crippen molar-refractivity contribution in [3.63, 3.8) is 0 Å². The lowest BCUT2D eigenvalue weighted by molar-refractivity contribution is 0.196. The summed E-state index contributed by atoms with van der Waals surface area (Å²) in [5, 5.41) is 0. The summed E-state index contributed by atoms with van der Waals surface area (Å²) in [4.78, 5) is 2.57. The van der Waals surface area contributed by atoms with Crippen LogP contribution in [0.5, 0.6) is 0 Å². The van der Waals surface area contributed by atoms with E-state index in [0.29, 0.717) is 29.0 Å². The molecular weight excluding hydrogens is 342 g/mol. The summed E-state index contributed by atoms with van der Waals surface area (Å²) in [6.07, 6.45) is 0. The predicted octanol–water partition coefficient (Wildman–Crippen LogP) is 1.23. The number of halogens is 1. The summed E-state index contributed by atoms with van der Waals surface area (Å²) in [6, 6.07) is 5.17. The molecular formula is C13H20BrN3O2S. The second kappa shape index (κ2) is 6.53. The number of nitrogens with two attached hydrogens (primary N) is 1. The van der Waals surface area contributed by atoms with E-state index in [1.54, 1.807) is 22.5 Å². The summed E-state index contributed by atoms with van der Waals surface area (Å²) in [5.41, 5.74) is 6.47. The second-order valence-corrected chi connectivity index (χ2v) is 7.57. The molecule has 0 amide bonds. The van der Waals surface area contributed by atoms with Crippen LogP contribution in [0.3, 0.4) is 0 Å². The van der Waals surface area contributed by atoms with Crippen LogP contribution in [0.25, 0.3) is 0 Å². The molecule has 1 aromatic rings. The third-order valence-corrected chi connectivity index (χ3v) is 6.50. The van der Waals surface area contributed by atoms with Crippen LogP contribution in [0.2, 0.25) is 0 Å². The molecule has 0 atom stereocenters. The van der Waals surface area contributed by atoms with Crippen molar-refractivity contribution >= 4 is 26.0 Å². The van der Waals surface area contributed by atoms with Gasteiger partial charge in [-0.05, 0) is 40.2 Å². The first-order valence-corrected chi connectivity index (χ1v) is 8.93. The largest absolute Gasteiger partial charge is 0.326 e. The van der Waals surface area contributed by atoms with Gasteiger partial charge in [0.1, 0.15) is 0 Å². The Labute approximate surface area is 128 Å². The van der Waals surface area contributed by atoms with Gasteiger partial charge in [-0.1, -0.05) is 13.0 Å². The van der Waals surface area contributed by atoms with Gasteiger partial charge in [-0.25, -0.2) is 8.42 Å². The molecule has 1 saturated heterocycles. The maximum Gasteiger partial charge on any atom is 0.244 e. The van der Waals surface area contributed by atoms with Crippen LogP contribution in [-0.4, -0.2) is 50.3 Å². The zero-order valence-electron chi connectivity index (χ0n) is 11.5. The highest BCUT2D eigenvalue weighted by Gasteiger charge is 2.29. The van der Waals surface area contributed by atoms with Crippen LogP contribution >= 0.6 is 15.9 Å². The van der Waals surface area contributed by atoms with Crippen molar-refractivity contribution in [2.45, 2.75) is 18.4 Å². The smallest absolute Gasteiger partial charge is 0.244 e. The van der Waals surface area contributed by atoms with Crippen molar-refractivity contribution in [2.75, 3.05) is 32.7 Å². The van der Waals surface area contributed by atoms with Gasteiger partial charge in [-0.2, -0.15) is 4.31 Å². The number of hydrogen-bond acceptors (Lipinski definition) is 4. The van der Waals surface area contributed by atoms with Crippen molar-refractivity contribution in [3.8, 4) is 0 Å². The topological polar surface area (TPSA) is 66.6 Å². The van der Waals surface area contributed by atoms with Crippen LogP contribution < -0.4 is 5.73 Å². The molecule has 5 nitrogen and oxygen atoms in total. The molecule has 0 saturated carbocycles. The van der Waals surface area contributed by atoms with Crippen molar-refractivity contribution in [1.29, 1.82) is 0 Å². The highest BCUT2D eigenvalue weighted by Crippen LogP contribution is 2.26. The Bertz CT molecular complexity index is 569. The molecule has 0 spiro atoms. The third-order valence-electron chi connectivity index (χ3n) is 3.63. The molecule has 1 fully saturated rings. The van der Waals surface area contributed by atoms with E-state index in [9.17, 15) is 8.42 Å². The van der Waals surface area contributed by atoms with Crippen molar-refractivity contribution in [1.82, 2.24) is 9.21 Å². The summed E-state index contributed by atoms with van der Waals surface area (Å²) in [5.74, 6) is 0. The zero-order chi connectivity index (χ0) is 14.8. The van der Waals surface area contributed by atoms with Gasteiger partial charge in [-0.15, -0.1) is 0 Å². The maximum atomic E-state index is 12.6. The molecule has 112 valence electrons. The van der Waals surface area contributed by atoms with Gasteiger partial charge in [0.2, 0.25) is 10.0 Å². The van der Waals surface area contributed by atoms with E-state index in [0.717, 1.165) is 25.2 Å². The lowest BCUT2D eigenvalue weighted by Crippen LogP contribution is -2.48. The van der Waals surface area contributed by atoms with E-state index in [1.807, 2.05) is 0 Å². The van der Waals surface area contributed by atoms with E-state index < -0.39 is 10.0 Å². The van der Waals surface area contributed by atoms with Gasteiger partial charge < -0.3 is 10.6 Å². The Kier molecular flexibility index (Phi) is 5.19. The summed E-state index contributed by atoms with van der Waals surface area (Å²) >= 11 is 3.34. The molecule has 7 heteroatoms. The first-order valence-electron chi connectivity index (χ1n) is 6.70. The molecule has 2 rings (SSSR count). The minimum Gasteiger partial charge on any atom is -0.326 e. The molecule has 0 unspecified atom stereocenters. The number of rotatable bonds is 4. The summed E-state index contributed by atoms with van der Waals surface area (Å²) < 4.78 is 27.4. The Morgan fingerprint density at radius 3 is 2.40 bits per heavy atom. The van der Waals surface area contributed by atoms with Crippen molar-refractivity contribution < 1.29 is 8.42 Å². The molecule has 0 aliphatic carbocycles. The number of piperazine rings is 1. The Hall–Kier alpha value is -0.470. The average molecular weight is 362 g/mol. The Morgan fingerprint density at radius 2 is 1.90 bits per heavy atom. The van der Waals surface area contributed by atoms with E-state index in [-0.39, 0.29) is 0 Å². The first kappa shape index (κ1) is 15.9. The second-order valence-electron chi connectivity index (χ2n) is 4.81. The lowest BCUT2D eigenvalue weighted by atomic mass is 10.2. The minimum absolute atomic E-state index is 0.319. The normalized spacial score (nSPS) is 18.4. The predicted molar refractivity (Wildman–Crippen MR) is 82.9 cm³/mol. The Balaban J connectivity index is 2.23. The van der Waals surface area contributed by atoms with Crippen molar-refractivity contribution in [3.05, 3.63) is 28.2 Å². The van der Waals surface area contributed by atoms with E-state index >= 15 is 0 Å². The molecule has 0 aromatic heterocycles. The fourth-order valence-electron chi connectivity index (χ4n) is 2.31. The van der Waals surface area contributed by atoms with Crippen LogP contribution in [0.4, 0.5) is 0 Å². The minimum atomic E-state index is -3.43. The molecule has 0 radical (unpaired) electrons. The molecule has 1 aliphatic rings. The number of likely N-dealkylation sites (N-methyl/N-ethyl adjacent to an activating group) is 1.